The van der Waals surface area contributed by atoms with Crippen LogP contribution in [0.3, 0.4) is 0 Å². The zero-order valence-electron chi connectivity index (χ0n) is 25.6. The highest BCUT2D eigenvalue weighted by molar-refractivity contribution is 7.95. The molecule has 4 atom stereocenters. The van der Waals surface area contributed by atoms with E-state index in [-0.39, 0.29) is 70.3 Å². The van der Waals surface area contributed by atoms with Crippen molar-refractivity contribution in [2.45, 2.75) is 23.8 Å². The second kappa shape index (κ2) is 13.4. The number of hydrogen-bond donors (Lipinski definition) is 1. The Kier molecular flexibility index (Phi) is 9.73. The van der Waals surface area contributed by atoms with E-state index in [0.29, 0.717) is 18.1 Å². The maximum Gasteiger partial charge on any atom is 0.310 e. The normalized spacial score (nSPS) is 21.4. The van der Waals surface area contributed by atoms with Crippen molar-refractivity contribution in [3.05, 3.63) is 70.8 Å². The molecule has 0 radical (unpaired) electrons. The summed E-state index contributed by atoms with van der Waals surface area (Å²) in [6.07, 6.45) is 4.06. The third-order valence-corrected chi connectivity index (χ3v) is 9.91. The van der Waals surface area contributed by atoms with Gasteiger partial charge in [0.15, 0.2) is 23.0 Å². The summed E-state index contributed by atoms with van der Waals surface area (Å²) in [6, 6.07) is 13.2. The molecule has 6 rings (SSSR count). The van der Waals surface area contributed by atoms with Crippen molar-refractivity contribution in [1.29, 1.82) is 0 Å². The predicted molar refractivity (Wildman–Crippen MR) is 165 cm³/mol. The van der Waals surface area contributed by atoms with Gasteiger partial charge in [0, 0.05) is 11.8 Å². The average Bonchev–Trinajstić information content (AvgIpc) is 3.62. The number of hydrogen-bond acceptors (Lipinski definition) is 11. The van der Waals surface area contributed by atoms with Gasteiger partial charge >= 0.3 is 5.97 Å². The first-order valence-corrected chi connectivity index (χ1v) is 17.8. The molecule has 2 aliphatic heterocycles. The van der Waals surface area contributed by atoms with Crippen molar-refractivity contribution < 1.29 is 51.3 Å². The minimum absolute atomic E-state index is 0.0863. The highest BCUT2D eigenvalue weighted by Crippen LogP contribution is 2.56. The molecule has 3 aliphatic rings. The van der Waals surface area contributed by atoms with Crippen LogP contribution in [0.1, 0.15) is 34.3 Å². The molecule has 0 amide bonds. The molecule has 1 fully saturated rings. The van der Waals surface area contributed by atoms with Crippen molar-refractivity contribution in [3.8, 4) is 28.7 Å². The number of phenolic OH excluding ortho intramolecular Hbond substituents is 1. The van der Waals surface area contributed by atoms with E-state index in [0.717, 1.165) is 28.0 Å². The molecule has 1 unspecified atom stereocenters. The number of fused-ring (bicyclic) bond motifs is 3. The van der Waals surface area contributed by atoms with Gasteiger partial charge in [-0.1, -0.05) is 17.7 Å². The lowest BCUT2D eigenvalue weighted by molar-refractivity contribution is -0.141. The maximum absolute atomic E-state index is 13.1. The van der Waals surface area contributed by atoms with E-state index >= 15 is 0 Å². The van der Waals surface area contributed by atoms with E-state index in [1.54, 1.807) is 24.3 Å². The van der Waals surface area contributed by atoms with Crippen molar-refractivity contribution in [1.82, 2.24) is 0 Å². The van der Waals surface area contributed by atoms with E-state index < -0.39 is 16.0 Å². The summed E-state index contributed by atoms with van der Waals surface area (Å²) in [5, 5.41) is 10.5. The number of ether oxygens (including phenoxy) is 6. The highest BCUT2D eigenvalue weighted by Gasteiger charge is 2.53. The fraction of sp³-hybridized carbons (Fsp3) is 0.406. The van der Waals surface area contributed by atoms with Gasteiger partial charge in [-0.2, -0.15) is 0 Å². The molecule has 0 aromatic heterocycles. The zero-order chi connectivity index (χ0) is 32.5. The van der Waals surface area contributed by atoms with Crippen LogP contribution in [0, 0.1) is 18.8 Å². The number of carbonyl (C=O) groups is 1. The largest absolute Gasteiger partial charge is 0.744 e. The first-order chi connectivity index (χ1) is 21.4. The van der Waals surface area contributed by atoms with Gasteiger partial charge in [0.05, 0.1) is 56.9 Å². The second-order valence-electron chi connectivity index (χ2n) is 11.2. The smallest absolute Gasteiger partial charge is 0.310 e. The summed E-state index contributed by atoms with van der Waals surface area (Å²) in [5.41, 5.74) is 3.59. The van der Waals surface area contributed by atoms with Crippen LogP contribution in [-0.2, 0) is 35.3 Å². The lowest BCUT2D eigenvalue weighted by atomic mass is 9.66. The Morgan fingerprint density at radius 3 is 2.11 bits per heavy atom. The van der Waals surface area contributed by atoms with Gasteiger partial charge in [-0.15, -0.1) is 0 Å². The first-order valence-electron chi connectivity index (χ1n) is 14.2. The van der Waals surface area contributed by atoms with Gasteiger partial charge in [0.1, 0.15) is 15.9 Å². The molecule has 0 bridgehead atoms. The first kappa shape index (κ1) is 32.7. The summed E-state index contributed by atoms with van der Waals surface area (Å²) in [7, 11) is -1.06. The number of methoxy groups -OCH3 is 2. The summed E-state index contributed by atoms with van der Waals surface area (Å²) >= 11 is 0. The third kappa shape index (κ3) is 6.81. The van der Waals surface area contributed by atoms with Gasteiger partial charge in [-0.05, 0) is 70.9 Å². The fourth-order valence-electron chi connectivity index (χ4n) is 5.87. The van der Waals surface area contributed by atoms with Crippen LogP contribution >= 0.6 is 0 Å². The van der Waals surface area contributed by atoms with E-state index in [9.17, 15) is 22.9 Å². The quantitative estimate of drug-likeness (QED) is 0.213. The van der Waals surface area contributed by atoms with Crippen molar-refractivity contribution in [3.63, 3.8) is 0 Å². The molecule has 0 spiro atoms. The number of carbonyl (C=O) groups excluding carboxylic acids is 1. The minimum Gasteiger partial charge on any atom is -0.744 e. The monoisotopic (exact) mass is 660 g/mol. The molecular weight excluding hydrogens is 624 g/mol. The number of esters is 1. The standard InChI is InChI=1S/C25H28O8S.C7H8O3S/c1-28-19-7-13(8-20(29-2)23(19)26)21-14-9-17-18(33-12-32-17)10-15(14)24(30-5-6-34(3)4)16-11-31-25(27)22(16)21;1-6-2-4-7(5-3-6)11(8,9)10/h7-10,16,21-22,24H,5-6,11-12H2,1-4H3;2-5H,1H3,(H,8,9,10)/t16?,21-,22+,24-;/m1./s1. The fourth-order valence-corrected chi connectivity index (χ4v) is 6.76. The molecule has 0 saturated carbocycles. The zero-order valence-corrected chi connectivity index (χ0v) is 27.2. The van der Waals surface area contributed by atoms with E-state index in [1.807, 2.05) is 19.1 Å². The van der Waals surface area contributed by atoms with Gasteiger partial charge in [-0.3, -0.25) is 4.79 Å². The van der Waals surface area contributed by atoms with E-state index in [4.69, 9.17) is 28.4 Å². The van der Waals surface area contributed by atoms with Crippen molar-refractivity contribution in [2.75, 3.05) is 52.5 Å². The van der Waals surface area contributed by atoms with E-state index in [1.165, 1.54) is 26.4 Å². The van der Waals surface area contributed by atoms with Crippen molar-refractivity contribution >= 4 is 27.0 Å². The molecule has 2 heterocycles. The number of aryl methyl sites for hydroxylation is 1. The van der Waals surface area contributed by atoms with Crippen LogP contribution in [-0.4, -0.2) is 76.5 Å². The summed E-state index contributed by atoms with van der Waals surface area (Å²) in [6.45, 7) is 2.85. The molecule has 1 aliphatic carbocycles. The highest BCUT2D eigenvalue weighted by atomic mass is 32.2. The molecule has 11 nitrogen and oxygen atoms in total. The Balaban J connectivity index is 0.000000309. The van der Waals surface area contributed by atoms with Gasteiger partial charge in [-0.25, -0.2) is 8.42 Å². The predicted octanol–water partition coefficient (Wildman–Crippen LogP) is 3.91. The number of aromatic hydroxyl groups is 1. The number of rotatable bonds is 8. The van der Waals surface area contributed by atoms with Crippen LogP contribution in [0.25, 0.3) is 0 Å². The molecule has 45 heavy (non-hydrogen) atoms. The lowest BCUT2D eigenvalue weighted by Gasteiger charge is -2.39. The summed E-state index contributed by atoms with van der Waals surface area (Å²) in [4.78, 5) is 12.9. The molecule has 1 N–H and O–H groups in total. The Morgan fingerprint density at radius 2 is 1.56 bits per heavy atom. The number of benzene rings is 3. The summed E-state index contributed by atoms with van der Waals surface area (Å²) < 4.78 is 65.3. The Morgan fingerprint density at radius 1 is 0.956 bits per heavy atom. The number of cyclic esters (lactones) is 1. The average molecular weight is 661 g/mol. The Hall–Kier alpha value is -3.65. The van der Waals surface area contributed by atoms with Crippen LogP contribution in [0.4, 0.5) is 0 Å². The van der Waals surface area contributed by atoms with Crippen LogP contribution in [0.5, 0.6) is 28.7 Å². The summed E-state index contributed by atoms with van der Waals surface area (Å²) in [5.74, 6) is 1.46. The third-order valence-electron chi connectivity index (χ3n) is 8.08. The van der Waals surface area contributed by atoms with Crippen LogP contribution in [0.15, 0.2) is 53.4 Å². The Labute approximate surface area is 265 Å². The maximum atomic E-state index is 13.1. The van der Waals surface area contributed by atoms with Crippen LogP contribution in [0.2, 0.25) is 0 Å². The molecule has 3 aromatic carbocycles. The lowest BCUT2D eigenvalue weighted by Crippen LogP contribution is -2.36. The van der Waals surface area contributed by atoms with Crippen LogP contribution < -0.4 is 18.9 Å². The second-order valence-corrected chi connectivity index (χ2v) is 14.9. The molecule has 3 aromatic rings. The van der Waals surface area contributed by atoms with Crippen molar-refractivity contribution in [2.24, 2.45) is 11.8 Å². The molecular formula is C32H36O11S2. The Bertz CT molecular complexity index is 1630. The molecule has 1 saturated heterocycles. The van der Waals surface area contributed by atoms with E-state index in [2.05, 4.69) is 12.5 Å². The SMILES string of the molecule is COc1cc([C@@H]2c3cc4c(cc3[C@@H](OCC[S+](C)C)C3COC(=O)[C@@H]32)OCO4)cc(OC)c1O.Cc1ccc(S(=O)(=O)[O-])cc1. The molecule has 242 valence electrons. The molecule has 13 heteroatoms. The van der Waals surface area contributed by atoms with Gasteiger partial charge in [0.2, 0.25) is 12.5 Å². The van der Waals surface area contributed by atoms with Gasteiger partial charge in [0.25, 0.3) is 0 Å². The number of phenols is 1. The van der Waals surface area contributed by atoms with Gasteiger partial charge < -0.3 is 38.1 Å². The minimum atomic E-state index is -4.27. The topological polar surface area (TPSA) is 150 Å².